The summed E-state index contributed by atoms with van der Waals surface area (Å²) in [6.45, 7) is 2.23. The molecule has 0 spiro atoms. The molecular weight excluding hydrogens is 246 g/mol. The molecule has 0 aliphatic heterocycles. The van der Waals surface area contributed by atoms with Crippen LogP contribution in [0.4, 0.5) is 5.69 Å². The first-order valence-corrected chi connectivity index (χ1v) is 7.64. The Bertz CT molecular complexity index is 586. The fourth-order valence-electron chi connectivity index (χ4n) is 3.19. The lowest BCUT2D eigenvalue weighted by atomic mass is 9.92. The monoisotopic (exact) mass is 269 g/mol. The molecule has 0 saturated carbocycles. The smallest absolute Gasteiger partial charge is 0.0547 e. The number of fused-ring (bicyclic) bond motifs is 1. The zero-order chi connectivity index (χ0) is 13.9. The van der Waals surface area contributed by atoms with E-state index in [0.29, 0.717) is 6.04 Å². The Balaban J connectivity index is 1.86. The molecule has 1 aliphatic carbocycles. The summed E-state index contributed by atoms with van der Waals surface area (Å²) in [5.74, 6) is 0. The topological polar surface area (TPSA) is 29.9 Å². The first-order chi connectivity index (χ1) is 9.79. The van der Waals surface area contributed by atoms with Gasteiger partial charge in [0.1, 0.15) is 0 Å². The van der Waals surface area contributed by atoms with Crippen LogP contribution in [0.3, 0.4) is 0 Å². The average Bonchev–Trinajstić information content (AvgIpc) is 2.84. The molecule has 1 atom stereocenters. The van der Waals surface area contributed by atoms with Gasteiger partial charge in [0.2, 0.25) is 0 Å². The number of hydrogen-bond acceptors (Lipinski definition) is 2. The molecule has 3 rings (SSSR count). The van der Waals surface area contributed by atoms with Crippen molar-refractivity contribution in [2.24, 2.45) is 7.05 Å². The average molecular weight is 269 g/mol. The highest BCUT2D eigenvalue weighted by Gasteiger charge is 2.23. The fourth-order valence-corrected chi connectivity index (χ4v) is 3.19. The first kappa shape index (κ1) is 13.2. The molecule has 0 saturated heterocycles. The van der Waals surface area contributed by atoms with E-state index in [1.807, 2.05) is 17.9 Å². The lowest BCUT2D eigenvalue weighted by molar-refractivity contribution is 0.571. The van der Waals surface area contributed by atoms with Crippen LogP contribution < -0.4 is 5.32 Å². The molecule has 106 valence electrons. The van der Waals surface area contributed by atoms with E-state index in [1.165, 1.54) is 41.8 Å². The van der Waals surface area contributed by atoms with E-state index in [0.717, 1.165) is 12.8 Å². The number of para-hydroxylation sites is 1. The van der Waals surface area contributed by atoms with Crippen molar-refractivity contribution < 1.29 is 0 Å². The predicted molar refractivity (Wildman–Crippen MR) is 82.9 cm³/mol. The van der Waals surface area contributed by atoms with Crippen LogP contribution in [-0.2, 0) is 19.9 Å². The maximum absolute atomic E-state index is 4.43. The SMILES string of the molecule is CCCc1ccccc1NC1CCCc2c1cnn2C. The van der Waals surface area contributed by atoms with Crippen molar-refractivity contribution in [2.45, 2.75) is 45.1 Å². The summed E-state index contributed by atoms with van der Waals surface area (Å²) >= 11 is 0. The van der Waals surface area contributed by atoms with Gasteiger partial charge in [-0.1, -0.05) is 31.5 Å². The third-order valence-electron chi connectivity index (χ3n) is 4.24. The van der Waals surface area contributed by atoms with Crippen LogP contribution in [0.5, 0.6) is 0 Å². The Hall–Kier alpha value is -1.77. The minimum atomic E-state index is 0.408. The van der Waals surface area contributed by atoms with Crippen molar-refractivity contribution in [3.8, 4) is 0 Å². The number of aromatic nitrogens is 2. The zero-order valence-electron chi connectivity index (χ0n) is 12.4. The molecule has 1 unspecified atom stereocenters. The number of aryl methyl sites for hydroxylation is 2. The number of anilines is 1. The van der Waals surface area contributed by atoms with Crippen LogP contribution in [0.25, 0.3) is 0 Å². The maximum atomic E-state index is 4.43. The standard InChI is InChI=1S/C17H23N3/c1-3-7-13-8-4-5-9-15(13)19-16-10-6-11-17-14(16)12-18-20(17)2/h4-5,8-9,12,16,19H,3,6-7,10-11H2,1-2H3. The van der Waals surface area contributed by atoms with Gasteiger partial charge in [0.05, 0.1) is 12.2 Å². The van der Waals surface area contributed by atoms with Crippen LogP contribution in [0.15, 0.2) is 30.5 Å². The third kappa shape index (κ3) is 2.45. The van der Waals surface area contributed by atoms with Crippen LogP contribution in [0.1, 0.15) is 49.0 Å². The van der Waals surface area contributed by atoms with Gasteiger partial charge in [-0.3, -0.25) is 4.68 Å². The molecule has 1 aromatic heterocycles. The van der Waals surface area contributed by atoms with Crippen molar-refractivity contribution in [3.05, 3.63) is 47.3 Å². The van der Waals surface area contributed by atoms with E-state index in [2.05, 4.69) is 41.6 Å². The number of hydrogen-bond donors (Lipinski definition) is 1. The summed E-state index contributed by atoms with van der Waals surface area (Å²) in [6.07, 6.45) is 7.94. The predicted octanol–water partition coefficient (Wildman–Crippen LogP) is 3.86. The van der Waals surface area contributed by atoms with Gasteiger partial charge in [0, 0.05) is 24.0 Å². The molecular formula is C17H23N3. The van der Waals surface area contributed by atoms with E-state index in [-0.39, 0.29) is 0 Å². The zero-order valence-corrected chi connectivity index (χ0v) is 12.4. The van der Waals surface area contributed by atoms with Crippen LogP contribution in [0, 0.1) is 0 Å². The number of rotatable bonds is 4. The fraction of sp³-hybridized carbons (Fsp3) is 0.471. The van der Waals surface area contributed by atoms with E-state index in [4.69, 9.17) is 0 Å². The third-order valence-corrected chi connectivity index (χ3v) is 4.24. The molecule has 3 nitrogen and oxygen atoms in total. The number of nitrogens with zero attached hydrogens (tertiary/aromatic N) is 2. The Kier molecular flexibility index (Phi) is 3.77. The molecule has 1 heterocycles. The highest BCUT2D eigenvalue weighted by Crippen LogP contribution is 2.33. The molecule has 20 heavy (non-hydrogen) atoms. The van der Waals surface area contributed by atoms with Gasteiger partial charge in [0.15, 0.2) is 0 Å². The first-order valence-electron chi connectivity index (χ1n) is 7.64. The molecule has 0 fully saturated rings. The summed E-state index contributed by atoms with van der Waals surface area (Å²) < 4.78 is 2.03. The van der Waals surface area contributed by atoms with Crippen molar-refractivity contribution in [1.29, 1.82) is 0 Å². The minimum Gasteiger partial charge on any atom is -0.378 e. The molecule has 0 bridgehead atoms. The summed E-state index contributed by atoms with van der Waals surface area (Å²) in [5, 5.41) is 8.18. The minimum absolute atomic E-state index is 0.408. The van der Waals surface area contributed by atoms with Gasteiger partial charge in [0.25, 0.3) is 0 Å². The van der Waals surface area contributed by atoms with Gasteiger partial charge in [-0.25, -0.2) is 0 Å². The van der Waals surface area contributed by atoms with E-state index in [9.17, 15) is 0 Å². The maximum Gasteiger partial charge on any atom is 0.0547 e. The second-order valence-corrected chi connectivity index (χ2v) is 5.67. The van der Waals surface area contributed by atoms with Crippen LogP contribution in [0.2, 0.25) is 0 Å². The lowest BCUT2D eigenvalue weighted by Crippen LogP contribution is -2.18. The van der Waals surface area contributed by atoms with E-state index in [1.54, 1.807) is 0 Å². The Labute approximate surface area is 121 Å². The largest absolute Gasteiger partial charge is 0.378 e. The summed E-state index contributed by atoms with van der Waals surface area (Å²) in [4.78, 5) is 0. The van der Waals surface area contributed by atoms with E-state index >= 15 is 0 Å². The van der Waals surface area contributed by atoms with Gasteiger partial charge < -0.3 is 5.32 Å². The lowest BCUT2D eigenvalue weighted by Gasteiger charge is -2.26. The van der Waals surface area contributed by atoms with Crippen molar-refractivity contribution in [1.82, 2.24) is 9.78 Å². The quantitative estimate of drug-likeness (QED) is 0.913. The van der Waals surface area contributed by atoms with E-state index < -0.39 is 0 Å². The second-order valence-electron chi connectivity index (χ2n) is 5.67. The Morgan fingerprint density at radius 2 is 2.20 bits per heavy atom. The summed E-state index contributed by atoms with van der Waals surface area (Å²) in [6, 6.07) is 9.10. The van der Waals surface area contributed by atoms with Crippen LogP contribution >= 0.6 is 0 Å². The highest BCUT2D eigenvalue weighted by atomic mass is 15.3. The van der Waals surface area contributed by atoms with Crippen LogP contribution in [-0.4, -0.2) is 9.78 Å². The Morgan fingerprint density at radius 3 is 3.05 bits per heavy atom. The molecule has 1 aromatic carbocycles. The molecule has 0 radical (unpaired) electrons. The summed E-state index contributed by atoms with van der Waals surface area (Å²) in [5.41, 5.74) is 5.48. The van der Waals surface area contributed by atoms with Gasteiger partial charge in [-0.15, -0.1) is 0 Å². The normalized spacial score (nSPS) is 17.8. The summed E-state index contributed by atoms with van der Waals surface area (Å²) in [7, 11) is 2.05. The van der Waals surface area contributed by atoms with Crippen molar-refractivity contribution in [2.75, 3.05) is 5.32 Å². The van der Waals surface area contributed by atoms with Gasteiger partial charge >= 0.3 is 0 Å². The number of nitrogens with one attached hydrogen (secondary N) is 1. The molecule has 2 aromatic rings. The molecule has 0 amide bonds. The Morgan fingerprint density at radius 1 is 1.35 bits per heavy atom. The molecule has 1 N–H and O–H groups in total. The van der Waals surface area contributed by atoms with Crippen molar-refractivity contribution >= 4 is 5.69 Å². The van der Waals surface area contributed by atoms with Gasteiger partial charge in [-0.05, 0) is 37.3 Å². The molecule has 3 heteroatoms. The second kappa shape index (κ2) is 5.70. The highest BCUT2D eigenvalue weighted by molar-refractivity contribution is 5.53. The van der Waals surface area contributed by atoms with Crippen molar-refractivity contribution in [3.63, 3.8) is 0 Å². The number of benzene rings is 1. The molecule has 1 aliphatic rings. The van der Waals surface area contributed by atoms with Gasteiger partial charge in [-0.2, -0.15) is 5.10 Å².